The zero-order chi connectivity index (χ0) is 10.3. The van der Waals surface area contributed by atoms with E-state index < -0.39 is 16.1 Å². The fraction of sp³-hybridized carbons (Fsp3) is 0.857. The zero-order valence-electron chi connectivity index (χ0n) is 7.64. The first-order valence-corrected chi connectivity index (χ1v) is 6.09. The molecular formula is C7H13N3O3S. The molecule has 3 N–H and O–H groups in total. The van der Waals surface area contributed by atoms with Gasteiger partial charge in [-0.2, -0.15) is 0 Å². The lowest BCUT2D eigenvalue weighted by molar-refractivity contribution is 0.155. The minimum absolute atomic E-state index is 0.145. The maximum atomic E-state index is 11.4. The van der Waals surface area contributed by atoms with Crippen molar-refractivity contribution >= 4 is 16.1 Å². The highest BCUT2D eigenvalue weighted by Crippen LogP contribution is 2.28. The topological polar surface area (TPSA) is 92.5 Å². The van der Waals surface area contributed by atoms with Crippen LogP contribution >= 0.6 is 0 Å². The van der Waals surface area contributed by atoms with Crippen molar-refractivity contribution in [3.63, 3.8) is 0 Å². The van der Waals surface area contributed by atoms with Crippen molar-refractivity contribution in [3.8, 4) is 0 Å². The van der Waals surface area contributed by atoms with E-state index in [0.29, 0.717) is 13.1 Å². The van der Waals surface area contributed by atoms with Crippen LogP contribution in [-0.2, 0) is 10.0 Å². The number of nitrogens with one attached hydrogen (secondary N) is 1. The molecule has 6 nitrogen and oxygen atoms in total. The Labute approximate surface area is 82.5 Å². The number of likely N-dealkylation sites (tertiary alicyclic amines) is 1. The van der Waals surface area contributed by atoms with Crippen molar-refractivity contribution in [1.29, 1.82) is 0 Å². The molecule has 0 aromatic rings. The van der Waals surface area contributed by atoms with Gasteiger partial charge in [-0.15, -0.1) is 0 Å². The van der Waals surface area contributed by atoms with Gasteiger partial charge in [0.25, 0.3) is 0 Å². The van der Waals surface area contributed by atoms with Gasteiger partial charge in [-0.3, -0.25) is 0 Å². The van der Waals surface area contributed by atoms with Crippen LogP contribution in [0.4, 0.5) is 4.79 Å². The van der Waals surface area contributed by atoms with Gasteiger partial charge in [-0.1, -0.05) is 0 Å². The Morgan fingerprint density at radius 3 is 2.36 bits per heavy atom. The van der Waals surface area contributed by atoms with E-state index in [0.717, 1.165) is 12.8 Å². The van der Waals surface area contributed by atoms with Crippen molar-refractivity contribution in [2.75, 3.05) is 13.1 Å². The van der Waals surface area contributed by atoms with Gasteiger partial charge in [-0.05, 0) is 12.8 Å². The first-order valence-electron chi connectivity index (χ1n) is 4.54. The van der Waals surface area contributed by atoms with Crippen molar-refractivity contribution < 1.29 is 13.2 Å². The number of hydrogen-bond donors (Lipinski definition) is 2. The molecule has 1 aliphatic carbocycles. The number of hydrogen-bond acceptors (Lipinski definition) is 3. The Kier molecular flexibility index (Phi) is 2.15. The van der Waals surface area contributed by atoms with Gasteiger partial charge >= 0.3 is 6.03 Å². The molecule has 0 radical (unpaired) electrons. The fourth-order valence-corrected chi connectivity index (χ4v) is 3.00. The van der Waals surface area contributed by atoms with Crippen molar-refractivity contribution in [1.82, 2.24) is 9.62 Å². The van der Waals surface area contributed by atoms with E-state index >= 15 is 0 Å². The molecule has 7 heteroatoms. The van der Waals surface area contributed by atoms with Gasteiger partial charge in [0.15, 0.2) is 0 Å². The first-order chi connectivity index (χ1) is 6.49. The van der Waals surface area contributed by atoms with Crippen LogP contribution in [0.5, 0.6) is 0 Å². The first kappa shape index (κ1) is 9.72. The highest BCUT2D eigenvalue weighted by atomic mass is 32.2. The van der Waals surface area contributed by atoms with E-state index in [1.54, 1.807) is 0 Å². The lowest BCUT2D eigenvalue weighted by Crippen LogP contribution is -2.62. The Bertz CT molecular complexity index is 343. The maximum absolute atomic E-state index is 11.4. The van der Waals surface area contributed by atoms with Crippen LogP contribution in [0.25, 0.3) is 0 Å². The third-order valence-corrected chi connectivity index (χ3v) is 4.50. The molecule has 2 aliphatic rings. The van der Waals surface area contributed by atoms with Gasteiger partial charge in [0.1, 0.15) is 0 Å². The molecule has 1 saturated heterocycles. The molecule has 2 fully saturated rings. The molecular weight excluding hydrogens is 206 g/mol. The van der Waals surface area contributed by atoms with Crippen LogP contribution in [0.2, 0.25) is 0 Å². The molecule has 0 aromatic carbocycles. The van der Waals surface area contributed by atoms with Crippen LogP contribution in [0.3, 0.4) is 0 Å². The summed E-state index contributed by atoms with van der Waals surface area (Å²) < 4.78 is 25.4. The summed E-state index contributed by atoms with van der Waals surface area (Å²) in [6, 6.07) is -0.639. The molecule has 0 bridgehead atoms. The minimum atomic E-state index is -3.13. The van der Waals surface area contributed by atoms with E-state index in [1.807, 2.05) is 0 Å². The Balaban J connectivity index is 1.81. The second-order valence-electron chi connectivity index (χ2n) is 3.80. The summed E-state index contributed by atoms with van der Waals surface area (Å²) in [5.41, 5.74) is 5.01. The zero-order valence-corrected chi connectivity index (χ0v) is 8.46. The lowest BCUT2D eigenvalue weighted by atomic mass is 10.1. The van der Waals surface area contributed by atoms with Crippen LogP contribution < -0.4 is 10.5 Å². The Hall–Kier alpha value is -0.820. The number of carbonyl (C=O) groups is 1. The van der Waals surface area contributed by atoms with E-state index in [-0.39, 0.29) is 11.3 Å². The standard InChI is InChI=1S/C7H13N3O3S/c8-7(11)10-3-5(4-10)9-14(12,13)6-1-2-6/h5-6,9H,1-4H2,(H2,8,11). The summed E-state index contributed by atoms with van der Waals surface area (Å²) >= 11 is 0. The van der Waals surface area contributed by atoms with Crippen LogP contribution in [0, 0.1) is 0 Å². The average molecular weight is 219 g/mol. The van der Waals surface area contributed by atoms with E-state index in [9.17, 15) is 13.2 Å². The normalized spacial score (nSPS) is 23.3. The summed E-state index contributed by atoms with van der Waals surface area (Å²) in [5, 5.41) is -0.204. The average Bonchev–Trinajstić information content (AvgIpc) is 2.76. The predicted molar refractivity (Wildman–Crippen MR) is 50.0 cm³/mol. The number of nitrogens with zero attached hydrogens (tertiary/aromatic N) is 1. The summed E-state index contributed by atoms with van der Waals surface area (Å²) in [6.07, 6.45) is 1.50. The summed E-state index contributed by atoms with van der Waals surface area (Å²) in [5.74, 6) is 0. The van der Waals surface area contributed by atoms with Crippen molar-refractivity contribution in [2.45, 2.75) is 24.1 Å². The molecule has 1 heterocycles. The Morgan fingerprint density at radius 1 is 1.36 bits per heavy atom. The second kappa shape index (κ2) is 3.09. The largest absolute Gasteiger partial charge is 0.351 e. The van der Waals surface area contributed by atoms with Crippen LogP contribution in [0.15, 0.2) is 0 Å². The van der Waals surface area contributed by atoms with Gasteiger partial charge in [-0.25, -0.2) is 17.9 Å². The van der Waals surface area contributed by atoms with E-state index in [2.05, 4.69) is 4.72 Å². The smallest absolute Gasteiger partial charge is 0.314 e. The molecule has 14 heavy (non-hydrogen) atoms. The lowest BCUT2D eigenvalue weighted by Gasteiger charge is -2.37. The quantitative estimate of drug-likeness (QED) is 0.626. The third kappa shape index (κ3) is 1.83. The molecule has 2 amide bonds. The second-order valence-corrected chi connectivity index (χ2v) is 5.79. The van der Waals surface area contributed by atoms with E-state index in [4.69, 9.17) is 5.73 Å². The highest BCUT2D eigenvalue weighted by molar-refractivity contribution is 7.90. The van der Waals surface area contributed by atoms with Gasteiger partial charge in [0.2, 0.25) is 10.0 Å². The third-order valence-electron chi connectivity index (χ3n) is 2.49. The predicted octanol–water partition coefficient (Wildman–Crippen LogP) is -1.17. The summed E-state index contributed by atoms with van der Waals surface area (Å²) in [4.78, 5) is 12.0. The summed E-state index contributed by atoms with van der Waals surface area (Å²) in [7, 11) is -3.13. The fourth-order valence-electron chi connectivity index (χ4n) is 1.44. The number of rotatable bonds is 3. The van der Waals surface area contributed by atoms with Gasteiger partial charge < -0.3 is 10.6 Å². The molecule has 0 atom stereocenters. The molecule has 2 rings (SSSR count). The SMILES string of the molecule is NC(=O)N1CC(NS(=O)(=O)C2CC2)C1. The molecule has 80 valence electrons. The summed E-state index contributed by atoms with van der Waals surface area (Å²) in [6.45, 7) is 0.780. The van der Waals surface area contributed by atoms with Crippen molar-refractivity contribution in [3.05, 3.63) is 0 Å². The number of carbonyl (C=O) groups excluding carboxylic acids is 1. The number of sulfonamides is 1. The monoisotopic (exact) mass is 219 g/mol. The number of nitrogens with two attached hydrogens (primary N) is 1. The molecule has 0 spiro atoms. The maximum Gasteiger partial charge on any atom is 0.314 e. The van der Waals surface area contributed by atoms with Gasteiger partial charge in [0, 0.05) is 13.1 Å². The molecule has 0 unspecified atom stereocenters. The number of amides is 2. The molecule has 1 saturated carbocycles. The minimum Gasteiger partial charge on any atom is -0.351 e. The van der Waals surface area contributed by atoms with Gasteiger partial charge in [0.05, 0.1) is 11.3 Å². The van der Waals surface area contributed by atoms with Crippen LogP contribution in [0.1, 0.15) is 12.8 Å². The van der Waals surface area contributed by atoms with E-state index in [1.165, 1.54) is 4.90 Å². The number of urea groups is 1. The molecule has 0 aromatic heterocycles. The Morgan fingerprint density at radius 2 is 1.93 bits per heavy atom. The molecule has 1 aliphatic heterocycles. The van der Waals surface area contributed by atoms with Crippen LogP contribution in [-0.4, -0.2) is 43.7 Å². The highest BCUT2D eigenvalue weighted by Gasteiger charge is 2.40. The van der Waals surface area contributed by atoms with Crippen molar-refractivity contribution in [2.24, 2.45) is 5.73 Å². The number of primary amides is 1.